The summed E-state index contributed by atoms with van der Waals surface area (Å²) in [6, 6.07) is 15.3. The highest BCUT2D eigenvalue weighted by molar-refractivity contribution is 7.99. The Labute approximate surface area is 203 Å². The molecule has 34 heavy (non-hydrogen) atoms. The SMILES string of the molecule is COc1ccc(-c2ccc3nnc(SCC(=O)Nc4nc5ccc(C)cc5s4)n3n2)cc1OC. The van der Waals surface area contributed by atoms with Gasteiger partial charge >= 0.3 is 0 Å². The number of methoxy groups -OCH3 is 2. The smallest absolute Gasteiger partial charge is 0.236 e. The van der Waals surface area contributed by atoms with Crippen molar-refractivity contribution in [2.45, 2.75) is 12.1 Å². The number of carbonyl (C=O) groups excluding carboxylic acids is 1. The van der Waals surface area contributed by atoms with Gasteiger partial charge in [-0.3, -0.25) is 4.79 Å². The van der Waals surface area contributed by atoms with E-state index in [2.05, 4.69) is 31.7 Å². The largest absolute Gasteiger partial charge is 0.493 e. The first-order valence-electron chi connectivity index (χ1n) is 10.3. The normalized spacial score (nSPS) is 11.1. The van der Waals surface area contributed by atoms with Crippen molar-refractivity contribution in [3.8, 4) is 22.8 Å². The number of carbonyl (C=O) groups is 1. The van der Waals surface area contributed by atoms with E-state index >= 15 is 0 Å². The summed E-state index contributed by atoms with van der Waals surface area (Å²) in [5, 5.41) is 17.0. The Morgan fingerprint density at radius 1 is 1.06 bits per heavy atom. The lowest BCUT2D eigenvalue weighted by molar-refractivity contribution is -0.113. The number of benzene rings is 2. The number of hydrogen-bond donors (Lipinski definition) is 1. The molecule has 0 fully saturated rings. The third-order valence-electron chi connectivity index (χ3n) is 5.04. The van der Waals surface area contributed by atoms with Gasteiger partial charge in [0.15, 0.2) is 22.3 Å². The molecular formula is C23H20N6O3S2. The van der Waals surface area contributed by atoms with Crippen LogP contribution in [0, 0.1) is 6.92 Å². The summed E-state index contributed by atoms with van der Waals surface area (Å²) in [4.78, 5) is 17.0. The molecule has 3 heterocycles. The van der Waals surface area contributed by atoms with Crippen LogP contribution in [0.25, 0.3) is 27.1 Å². The number of thioether (sulfide) groups is 1. The average molecular weight is 493 g/mol. The second-order valence-electron chi connectivity index (χ2n) is 7.37. The van der Waals surface area contributed by atoms with Gasteiger partial charge in [-0.15, -0.1) is 10.2 Å². The summed E-state index contributed by atoms with van der Waals surface area (Å²) in [7, 11) is 3.18. The van der Waals surface area contributed by atoms with Crippen LogP contribution in [0.5, 0.6) is 11.5 Å². The van der Waals surface area contributed by atoms with Gasteiger partial charge in [0, 0.05) is 5.56 Å². The van der Waals surface area contributed by atoms with Crippen molar-refractivity contribution in [2.24, 2.45) is 0 Å². The Balaban J connectivity index is 1.32. The lowest BCUT2D eigenvalue weighted by Gasteiger charge is -2.09. The number of ether oxygens (including phenoxy) is 2. The van der Waals surface area contributed by atoms with Crippen LogP contribution in [0.15, 0.2) is 53.7 Å². The third kappa shape index (κ3) is 4.39. The standard InChI is InChI=1S/C23H20N6O3S2/c1-13-4-6-16-19(10-13)34-22(24-16)25-21(30)12-33-23-27-26-20-9-7-15(28-29(20)23)14-5-8-17(31-2)18(11-14)32-3/h4-11H,12H2,1-3H3,(H,24,25,30). The molecule has 5 aromatic rings. The molecule has 0 radical (unpaired) electrons. The molecule has 2 aromatic carbocycles. The van der Waals surface area contributed by atoms with Gasteiger partial charge in [-0.1, -0.05) is 29.2 Å². The number of hydrogen-bond acceptors (Lipinski definition) is 9. The van der Waals surface area contributed by atoms with Crippen LogP contribution in [0.2, 0.25) is 0 Å². The van der Waals surface area contributed by atoms with E-state index in [1.807, 2.05) is 49.4 Å². The fourth-order valence-electron chi connectivity index (χ4n) is 3.38. The Hall–Kier alpha value is -3.70. The number of aryl methyl sites for hydroxylation is 1. The Morgan fingerprint density at radius 3 is 2.74 bits per heavy atom. The molecule has 3 aromatic heterocycles. The van der Waals surface area contributed by atoms with E-state index in [0.717, 1.165) is 21.3 Å². The van der Waals surface area contributed by atoms with Crippen molar-refractivity contribution in [2.75, 3.05) is 25.3 Å². The quantitative estimate of drug-likeness (QED) is 0.332. The van der Waals surface area contributed by atoms with E-state index in [1.165, 1.54) is 23.1 Å². The minimum Gasteiger partial charge on any atom is -0.493 e. The van der Waals surface area contributed by atoms with E-state index < -0.39 is 0 Å². The monoisotopic (exact) mass is 492 g/mol. The number of fused-ring (bicyclic) bond motifs is 2. The first kappa shape index (κ1) is 22.1. The molecule has 0 saturated heterocycles. The molecule has 1 N–H and O–H groups in total. The number of anilines is 1. The molecule has 11 heteroatoms. The zero-order valence-corrected chi connectivity index (χ0v) is 20.2. The molecule has 0 aliphatic carbocycles. The van der Waals surface area contributed by atoms with Gasteiger partial charge in [-0.2, -0.15) is 9.61 Å². The zero-order valence-electron chi connectivity index (χ0n) is 18.6. The van der Waals surface area contributed by atoms with E-state index in [4.69, 9.17) is 9.47 Å². The molecule has 1 amide bonds. The molecule has 0 saturated carbocycles. The van der Waals surface area contributed by atoms with Crippen molar-refractivity contribution in [1.29, 1.82) is 0 Å². The average Bonchev–Trinajstić information content (AvgIpc) is 3.44. The summed E-state index contributed by atoms with van der Waals surface area (Å²) >= 11 is 2.71. The van der Waals surface area contributed by atoms with Gasteiger partial charge in [0.2, 0.25) is 11.1 Å². The van der Waals surface area contributed by atoms with E-state index in [-0.39, 0.29) is 11.7 Å². The summed E-state index contributed by atoms with van der Waals surface area (Å²) in [6.07, 6.45) is 0. The van der Waals surface area contributed by atoms with Crippen LogP contribution < -0.4 is 14.8 Å². The van der Waals surface area contributed by atoms with Crippen molar-refractivity contribution in [3.05, 3.63) is 54.1 Å². The molecule has 0 bridgehead atoms. The molecule has 0 aliphatic rings. The summed E-state index contributed by atoms with van der Waals surface area (Å²) in [6.45, 7) is 2.03. The molecule has 5 rings (SSSR count). The number of thiazole rings is 1. The minimum atomic E-state index is -0.173. The van der Waals surface area contributed by atoms with Crippen LogP contribution in [0.3, 0.4) is 0 Å². The lowest BCUT2D eigenvalue weighted by atomic mass is 10.1. The second kappa shape index (κ2) is 9.27. The highest BCUT2D eigenvalue weighted by Gasteiger charge is 2.14. The van der Waals surface area contributed by atoms with Crippen LogP contribution >= 0.6 is 23.1 Å². The number of aromatic nitrogens is 5. The lowest BCUT2D eigenvalue weighted by Crippen LogP contribution is -2.14. The van der Waals surface area contributed by atoms with E-state index in [0.29, 0.717) is 33.1 Å². The van der Waals surface area contributed by atoms with E-state index in [1.54, 1.807) is 18.7 Å². The van der Waals surface area contributed by atoms with Crippen LogP contribution in [-0.2, 0) is 4.79 Å². The predicted octanol–water partition coefficient (Wildman–Crippen LogP) is 4.46. The van der Waals surface area contributed by atoms with Crippen molar-refractivity contribution < 1.29 is 14.3 Å². The van der Waals surface area contributed by atoms with Gasteiger partial charge in [0.05, 0.1) is 35.9 Å². The summed E-state index contributed by atoms with van der Waals surface area (Å²) in [5.74, 6) is 1.23. The first-order valence-corrected chi connectivity index (χ1v) is 12.1. The zero-order chi connectivity index (χ0) is 23.7. The maximum Gasteiger partial charge on any atom is 0.236 e. The molecule has 0 unspecified atom stereocenters. The van der Waals surface area contributed by atoms with E-state index in [9.17, 15) is 4.79 Å². The number of amides is 1. The first-order chi connectivity index (χ1) is 16.5. The minimum absolute atomic E-state index is 0.151. The number of nitrogens with one attached hydrogen (secondary N) is 1. The highest BCUT2D eigenvalue weighted by Crippen LogP contribution is 2.32. The topological polar surface area (TPSA) is 104 Å². The van der Waals surface area contributed by atoms with Gasteiger partial charge in [-0.25, -0.2) is 4.98 Å². The number of rotatable bonds is 7. The van der Waals surface area contributed by atoms with Crippen molar-refractivity contribution in [3.63, 3.8) is 0 Å². The van der Waals surface area contributed by atoms with Gasteiger partial charge in [0.1, 0.15) is 0 Å². The fourth-order valence-corrected chi connectivity index (χ4v) is 5.05. The maximum absolute atomic E-state index is 12.5. The maximum atomic E-state index is 12.5. The Bertz CT molecular complexity index is 1510. The number of nitrogens with zero attached hydrogens (tertiary/aromatic N) is 5. The Morgan fingerprint density at radius 2 is 1.91 bits per heavy atom. The predicted molar refractivity (Wildman–Crippen MR) is 133 cm³/mol. The van der Waals surface area contributed by atoms with Gasteiger partial charge in [-0.05, 0) is 55.0 Å². The van der Waals surface area contributed by atoms with Crippen LogP contribution in [-0.4, -0.2) is 50.7 Å². The third-order valence-corrected chi connectivity index (χ3v) is 6.89. The van der Waals surface area contributed by atoms with Gasteiger partial charge < -0.3 is 14.8 Å². The summed E-state index contributed by atoms with van der Waals surface area (Å²) < 4.78 is 13.4. The highest BCUT2D eigenvalue weighted by atomic mass is 32.2. The molecule has 172 valence electrons. The molecule has 0 spiro atoms. The molecule has 0 atom stereocenters. The van der Waals surface area contributed by atoms with Crippen LogP contribution in [0.1, 0.15) is 5.56 Å². The Kier molecular flexibility index (Phi) is 6.03. The molecule has 9 nitrogen and oxygen atoms in total. The molecule has 0 aliphatic heterocycles. The fraction of sp³-hybridized carbons (Fsp3) is 0.174. The second-order valence-corrected chi connectivity index (χ2v) is 9.34. The van der Waals surface area contributed by atoms with Gasteiger partial charge in [0.25, 0.3) is 0 Å². The van der Waals surface area contributed by atoms with Crippen molar-refractivity contribution in [1.82, 2.24) is 24.8 Å². The molecular weight excluding hydrogens is 472 g/mol. The van der Waals surface area contributed by atoms with Crippen molar-refractivity contribution >= 4 is 50.0 Å². The summed E-state index contributed by atoms with van der Waals surface area (Å²) in [5.41, 5.74) is 4.18. The van der Waals surface area contributed by atoms with Crippen LogP contribution in [0.4, 0.5) is 5.13 Å².